The zero-order valence-electron chi connectivity index (χ0n) is 14.7. The molecule has 6 nitrogen and oxygen atoms in total. The Bertz CT molecular complexity index is 511. The summed E-state index contributed by atoms with van der Waals surface area (Å²) in [4.78, 5) is 23.9. The summed E-state index contributed by atoms with van der Waals surface area (Å²) in [6.45, 7) is 5.06. The lowest BCUT2D eigenvalue weighted by atomic mass is 10.1. The Morgan fingerprint density at radius 2 is 1.79 bits per heavy atom. The van der Waals surface area contributed by atoms with Crippen molar-refractivity contribution in [2.24, 2.45) is 0 Å². The first-order valence-corrected chi connectivity index (χ1v) is 8.16. The molecule has 0 bridgehead atoms. The Morgan fingerprint density at radius 3 is 2.33 bits per heavy atom. The number of rotatable bonds is 11. The Balaban J connectivity index is 2.60. The number of methoxy groups -OCH3 is 1. The minimum Gasteiger partial charge on any atom is -0.454 e. The molecular formula is C18H26O6. The predicted octanol–water partition coefficient (Wildman–Crippen LogP) is 3.34. The van der Waals surface area contributed by atoms with Crippen molar-refractivity contribution in [3.05, 3.63) is 29.8 Å². The zero-order chi connectivity index (χ0) is 17.9. The third-order valence-corrected chi connectivity index (χ3v) is 3.28. The van der Waals surface area contributed by atoms with Crippen molar-refractivity contribution in [1.29, 1.82) is 0 Å². The third kappa shape index (κ3) is 6.68. The fourth-order valence-electron chi connectivity index (χ4n) is 1.96. The molecule has 134 valence electrons. The number of esters is 1. The topological polar surface area (TPSA) is 71.1 Å². The number of Topliss-reactive ketones (excluding diaryl/α,β-unsaturated/α-hetero) is 1. The van der Waals surface area contributed by atoms with E-state index < -0.39 is 12.6 Å². The molecule has 1 aromatic rings. The molecule has 0 aliphatic rings. The lowest BCUT2D eigenvalue weighted by Gasteiger charge is -2.17. The van der Waals surface area contributed by atoms with Crippen LogP contribution in [-0.4, -0.2) is 38.0 Å². The van der Waals surface area contributed by atoms with Crippen LogP contribution in [0.3, 0.4) is 0 Å². The summed E-state index contributed by atoms with van der Waals surface area (Å²) in [5, 5.41) is 0. The minimum atomic E-state index is -0.809. The van der Waals surface area contributed by atoms with Crippen LogP contribution in [0.4, 0.5) is 0 Å². The normalized spacial score (nSPS) is 13.2. The number of hydrogen-bond donors (Lipinski definition) is 0. The molecule has 0 aromatic heterocycles. The van der Waals surface area contributed by atoms with Gasteiger partial charge in [0, 0.05) is 19.1 Å². The molecular weight excluding hydrogens is 312 g/mol. The van der Waals surface area contributed by atoms with Gasteiger partial charge in [0.05, 0.1) is 6.61 Å². The first-order chi connectivity index (χ1) is 11.5. The standard InChI is InChI=1S/C18H26O6/c1-5-7-8-16(19)23-13(3)17(20)14-9-11-15(12-10-14)24-18(21-4)22-6-2/h9-13,18H,5-8H2,1-4H3. The molecule has 0 spiro atoms. The molecule has 2 atom stereocenters. The van der Waals surface area contributed by atoms with Gasteiger partial charge in [0.15, 0.2) is 6.10 Å². The van der Waals surface area contributed by atoms with Crippen molar-refractivity contribution in [3.63, 3.8) is 0 Å². The molecule has 0 aliphatic heterocycles. The van der Waals surface area contributed by atoms with Gasteiger partial charge in [-0.3, -0.25) is 9.59 Å². The average molecular weight is 338 g/mol. The molecule has 0 radical (unpaired) electrons. The van der Waals surface area contributed by atoms with Gasteiger partial charge in [-0.15, -0.1) is 0 Å². The van der Waals surface area contributed by atoms with E-state index in [1.54, 1.807) is 31.2 Å². The lowest BCUT2D eigenvalue weighted by molar-refractivity contribution is -0.231. The number of hydrogen-bond acceptors (Lipinski definition) is 6. The molecule has 1 aromatic carbocycles. The van der Waals surface area contributed by atoms with Gasteiger partial charge >= 0.3 is 12.4 Å². The second-order valence-corrected chi connectivity index (χ2v) is 5.22. The van der Waals surface area contributed by atoms with Crippen molar-refractivity contribution in [1.82, 2.24) is 0 Å². The van der Waals surface area contributed by atoms with Crippen molar-refractivity contribution >= 4 is 11.8 Å². The Kier molecular flexibility index (Phi) is 9.04. The van der Waals surface area contributed by atoms with Crippen molar-refractivity contribution < 1.29 is 28.5 Å². The predicted molar refractivity (Wildman–Crippen MR) is 88.9 cm³/mol. The number of ketones is 1. The van der Waals surface area contributed by atoms with Gasteiger partial charge in [-0.2, -0.15) is 0 Å². The second-order valence-electron chi connectivity index (χ2n) is 5.22. The van der Waals surface area contributed by atoms with Crippen LogP contribution < -0.4 is 4.74 Å². The van der Waals surface area contributed by atoms with E-state index in [1.165, 1.54) is 7.11 Å². The summed E-state index contributed by atoms with van der Waals surface area (Å²) in [6.07, 6.45) is 1.18. The molecule has 0 aliphatic carbocycles. The lowest BCUT2D eigenvalue weighted by Crippen LogP contribution is -2.24. The second kappa shape index (κ2) is 10.8. The van der Waals surface area contributed by atoms with Crippen LogP contribution in [0.2, 0.25) is 0 Å². The number of benzene rings is 1. The van der Waals surface area contributed by atoms with Crippen LogP contribution in [0, 0.1) is 0 Å². The monoisotopic (exact) mass is 338 g/mol. The Hall–Kier alpha value is -1.92. The van der Waals surface area contributed by atoms with Gasteiger partial charge in [0.25, 0.3) is 0 Å². The first-order valence-electron chi connectivity index (χ1n) is 8.16. The third-order valence-electron chi connectivity index (χ3n) is 3.28. The van der Waals surface area contributed by atoms with Crippen LogP contribution in [0.15, 0.2) is 24.3 Å². The summed E-state index contributed by atoms with van der Waals surface area (Å²) in [5.74, 6) is -0.0868. The van der Waals surface area contributed by atoms with E-state index in [0.717, 1.165) is 12.8 Å². The van der Waals surface area contributed by atoms with E-state index in [0.29, 0.717) is 24.3 Å². The fraction of sp³-hybridized carbons (Fsp3) is 0.556. The van der Waals surface area contributed by atoms with Gasteiger partial charge in [0.1, 0.15) is 5.75 Å². The zero-order valence-corrected chi connectivity index (χ0v) is 14.7. The highest BCUT2D eigenvalue weighted by Crippen LogP contribution is 2.16. The molecule has 0 saturated carbocycles. The molecule has 0 amide bonds. The quantitative estimate of drug-likeness (QED) is 0.350. The van der Waals surface area contributed by atoms with E-state index >= 15 is 0 Å². The molecule has 6 heteroatoms. The van der Waals surface area contributed by atoms with Crippen molar-refractivity contribution in [3.8, 4) is 5.75 Å². The SMILES string of the molecule is CCCCC(=O)OC(C)C(=O)c1ccc(OC(OC)OCC)cc1. The average Bonchev–Trinajstić information content (AvgIpc) is 2.59. The maximum Gasteiger partial charge on any atom is 0.315 e. The van der Waals surface area contributed by atoms with E-state index in [9.17, 15) is 9.59 Å². The van der Waals surface area contributed by atoms with Crippen LogP contribution in [0.25, 0.3) is 0 Å². The summed E-state index contributed by atoms with van der Waals surface area (Å²) in [6, 6.07) is 6.52. The fourth-order valence-corrected chi connectivity index (χ4v) is 1.96. The smallest absolute Gasteiger partial charge is 0.315 e. The molecule has 0 heterocycles. The van der Waals surface area contributed by atoms with Crippen LogP contribution in [0.5, 0.6) is 5.75 Å². The molecule has 0 N–H and O–H groups in total. The largest absolute Gasteiger partial charge is 0.454 e. The van der Waals surface area contributed by atoms with Crippen LogP contribution in [0.1, 0.15) is 50.4 Å². The summed E-state index contributed by atoms with van der Waals surface area (Å²) < 4.78 is 20.9. The highest BCUT2D eigenvalue weighted by Gasteiger charge is 2.19. The number of unbranched alkanes of at least 4 members (excludes halogenated alkanes) is 1. The Morgan fingerprint density at radius 1 is 1.12 bits per heavy atom. The van der Waals surface area contributed by atoms with Gasteiger partial charge in [-0.05, 0) is 44.5 Å². The highest BCUT2D eigenvalue weighted by atomic mass is 16.8. The molecule has 0 saturated heterocycles. The van der Waals surface area contributed by atoms with Gasteiger partial charge < -0.3 is 18.9 Å². The number of ether oxygens (including phenoxy) is 4. The first kappa shape index (κ1) is 20.1. The number of carbonyl (C=O) groups is 2. The summed E-state index contributed by atoms with van der Waals surface area (Å²) >= 11 is 0. The maximum absolute atomic E-state index is 12.3. The van der Waals surface area contributed by atoms with Crippen molar-refractivity contribution in [2.75, 3.05) is 13.7 Å². The van der Waals surface area contributed by atoms with E-state index in [4.69, 9.17) is 18.9 Å². The molecule has 0 fully saturated rings. The van der Waals surface area contributed by atoms with Gasteiger partial charge in [-0.1, -0.05) is 13.3 Å². The summed E-state index contributed by atoms with van der Waals surface area (Å²) in [7, 11) is 1.48. The Labute approximate surface area is 143 Å². The minimum absolute atomic E-state index is 0.250. The van der Waals surface area contributed by atoms with E-state index in [2.05, 4.69) is 0 Å². The number of carbonyl (C=O) groups excluding carboxylic acids is 2. The van der Waals surface area contributed by atoms with Crippen LogP contribution in [-0.2, 0) is 19.0 Å². The van der Waals surface area contributed by atoms with Crippen LogP contribution >= 0.6 is 0 Å². The van der Waals surface area contributed by atoms with Crippen molar-refractivity contribution in [2.45, 2.75) is 52.6 Å². The maximum atomic E-state index is 12.3. The molecule has 1 rings (SSSR count). The summed E-state index contributed by atoms with van der Waals surface area (Å²) in [5.41, 5.74) is 0.448. The van der Waals surface area contributed by atoms with Gasteiger partial charge in [0.2, 0.25) is 5.78 Å². The van der Waals surface area contributed by atoms with E-state index in [-0.39, 0.29) is 11.8 Å². The van der Waals surface area contributed by atoms with Gasteiger partial charge in [-0.25, -0.2) is 0 Å². The molecule has 24 heavy (non-hydrogen) atoms. The van der Waals surface area contributed by atoms with E-state index in [1.807, 2.05) is 13.8 Å². The highest BCUT2D eigenvalue weighted by molar-refractivity contribution is 6.00. The molecule has 2 unspecified atom stereocenters.